The van der Waals surface area contributed by atoms with Gasteiger partial charge in [0, 0.05) is 21.8 Å². The third kappa shape index (κ3) is 5.92. The van der Waals surface area contributed by atoms with E-state index in [0.717, 1.165) is 5.56 Å². The highest BCUT2D eigenvalue weighted by atomic mass is 35.5. The summed E-state index contributed by atoms with van der Waals surface area (Å²) < 4.78 is 27.3. The molecule has 5 nitrogen and oxygen atoms in total. The number of benzene rings is 2. The van der Waals surface area contributed by atoms with Crippen molar-refractivity contribution in [1.29, 1.82) is 0 Å². The van der Waals surface area contributed by atoms with Crippen LogP contribution in [0.25, 0.3) is 0 Å². The topological polar surface area (TPSA) is 75.3 Å². The normalized spacial score (nSPS) is 11.4. The van der Waals surface area contributed by atoms with E-state index >= 15 is 0 Å². The molecule has 0 saturated carbocycles. The van der Waals surface area contributed by atoms with E-state index in [1.54, 1.807) is 24.3 Å². The van der Waals surface area contributed by atoms with E-state index in [4.69, 9.17) is 23.2 Å². The summed E-state index contributed by atoms with van der Waals surface area (Å²) in [6.45, 7) is 3.77. The fraction of sp³-hybridized carbons (Fsp3) is 0.235. The van der Waals surface area contributed by atoms with Crippen molar-refractivity contribution in [3.8, 4) is 0 Å². The van der Waals surface area contributed by atoms with Crippen molar-refractivity contribution in [3.05, 3.63) is 58.1 Å². The summed E-state index contributed by atoms with van der Waals surface area (Å²) in [5, 5.41) is 3.27. The molecule has 25 heavy (non-hydrogen) atoms. The van der Waals surface area contributed by atoms with E-state index in [-0.39, 0.29) is 33.3 Å². The number of anilines is 1. The quantitative estimate of drug-likeness (QED) is 0.772. The van der Waals surface area contributed by atoms with Crippen molar-refractivity contribution in [2.75, 3.05) is 4.72 Å². The van der Waals surface area contributed by atoms with Crippen LogP contribution in [-0.4, -0.2) is 20.4 Å². The van der Waals surface area contributed by atoms with E-state index in [0.29, 0.717) is 5.69 Å². The van der Waals surface area contributed by atoms with E-state index in [1.807, 2.05) is 13.8 Å². The lowest BCUT2D eigenvalue weighted by molar-refractivity contribution is -0.120. The molecule has 0 aliphatic heterocycles. The van der Waals surface area contributed by atoms with Crippen LogP contribution in [0.2, 0.25) is 10.0 Å². The Hall–Kier alpha value is -1.76. The Kier molecular flexibility index (Phi) is 6.32. The Bertz CT molecular complexity index is 846. The molecule has 2 aromatic carbocycles. The SMILES string of the molecule is CC(C)NC(=O)Cc1ccc(NS(=O)(=O)c2cc(Cl)cc(Cl)c2)cc1. The predicted octanol–water partition coefficient (Wildman–Crippen LogP) is 3.86. The number of nitrogens with one attached hydrogen (secondary N) is 2. The molecule has 0 heterocycles. The Labute approximate surface area is 157 Å². The molecule has 2 aromatic rings. The molecule has 134 valence electrons. The number of hydrogen-bond donors (Lipinski definition) is 2. The maximum atomic E-state index is 12.4. The first kappa shape index (κ1) is 19.6. The van der Waals surface area contributed by atoms with Crippen LogP contribution < -0.4 is 10.0 Å². The molecular formula is C17H18Cl2N2O3S. The third-order valence-electron chi connectivity index (χ3n) is 3.17. The molecule has 0 atom stereocenters. The second kappa shape index (κ2) is 8.08. The van der Waals surface area contributed by atoms with E-state index in [2.05, 4.69) is 10.0 Å². The molecule has 0 radical (unpaired) electrons. The Balaban J connectivity index is 2.11. The number of sulfonamides is 1. The van der Waals surface area contributed by atoms with Crippen LogP contribution in [0.15, 0.2) is 47.4 Å². The molecule has 0 unspecified atom stereocenters. The van der Waals surface area contributed by atoms with Gasteiger partial charge in [-0.15, -0.1) is 0 Å². The molecule has 0 aliphatic rings. The first-order valence-electron chi connectivity index (χ1n) is 7.53. The highest BCUT2D eigenvalue weighted by Crippen LogP contribution is 2.24. The van der Waals surface area contributed by atoms with Crippen molar-refractivity contribution in [2.24, 2.45) is 0 Å². The summed E-state index contributed by atoms with van der Waals surface area (Å²) in [5.41, 5.74) is 1.16. The lowest BCUT2D eigenvalue weighted by atomic mass is 10.1. The highest BCUT2D eigenvalue weighted by Gasteiger charge is 2.16. The van der Waals surface area contributed by atoms with Gasteiger partial charge in [0.2, 0.25) is 5.91 Å². The minimum absolute atomic E-state index is 0.0228. The van der Waals surface area contributed by atoms with Crippen LogP contribution in [0, 0.1) is 0 Å². The van der Waals surface area contributed by atoms with Gasteiger partial charge in [0.05, 0.1) is 11.3 Å². The summed E-state index contributed by atoms with van der Waals surface area (Å²) in [4.78, 5) is 11.7. The number of hydrogen-bond acceptors (Lipinski definition) is 3. The minimum Gasteiger partial charge on any atom is -0.354 e. The van der Waals surface area contributed by atoms with Gasteiger partial charge in [-0.3, -0.25) is 9.52 Å². The van der Waals surface area contributed by atoms with Crippen LogP contribution in [0.4, 0.5) is 5.69 Å². The average Bonchev–Trinajstić information content (AvgIpc) is 2.47. The first-order valence-corrected chi connectivity index (χ1v) is 9.77. The van der Waals surface area contributed by atoms with Crippen LogP contribution in [0.1, 0.15) is 19.4 Å². The van der Waals surface area contributed by atoms with Crippen molar-refractivity contribution in [2.45, 2.75) is 31.2 Å². The van der Waals surface area contributed by atoms with Crippen LogP contribution in [0.5, 0.6) is 0 Å². The van der Waals surface area contributed by atoms with Crippen LogP contribution in [0.3, 0.4) is 0 Å². The summed E-state index contributed by atoms with van der Waals surface area (Å²) in [5.74, 6) is -0.0862. The Morgan fingerprint density at radius 2 is 1.60 bits per heavy atom. The van der Waals surface area contributed by atoms with Crippen molar-refractivity contribution in [3.63, 3.8) is 0 Å². The third-order valence-corrected chi connectivity index (χ3v) is 4.96. The molecule has 2 rings (SSSR count). The summed E-state index contributed by atoms with van der Waals surface area (Å²) in [7, 11) is -3.81. The Morgan fingerprint density at radius 1 is 1.04 bits per heavy atom. The van der Waals surface area contributed by atoms with Crippen molar-refractivity contribution in [1.82, 2.24) is 5.32 Å². The lowest BCUT2D eigenvalue weighted by Gasteiger charge is -2.10. The van der Waals surface area contributed by atoms with Gasteiger partial charge < -0.3 is 5.32 Å². The van der Waals surface area contributed by atoms with Crippen molar-refractivity contribution >= 4 is 44.8 Å². The standard InChI is InChI=1S/C17H18Cl2N2O3S/c1-11(2)20-17(22)7-12-3-5-15(6-4-12)21-25(23,24)16-9-13(18)8-14(19)10-16/h3-6,8-11,21H,7H2,1-2H3,(H,20,22). The van der Waals surface area contributed by atoms with Gasteiger partial charge in [-0.25, -0.2) is 8.42 Å². The molecule has 0 saturated heterocycles. The first-order chi connectivity index (χ1) is 11.7. The smallest absolute Gasteiger partial charge is 0.261 e. The Morgan fingerprint density at radius 3 is 2.12 bits per heavy atom. The predicted molar refractivity (Wildman–Crippen MR) is 101 cm³/mol. The van der Waals surface area contributed by atoms with Gasteiger partial charge in [0.1, 0.15) is 0 Å². The second-order valence-corrected chi connectivity index (χ2v) is 8.36. The van der Waals surface area contributed by atoms with Gasteiger partial charge in [0.15, 0.2) is 0 Å². The average molecular weight is 401 g/mol. The van der Waals surface area contributed by atoms with E-state index in [1.165, 1.54) is 18.2 Å². The largest absolute Gasteiger partial charge is 0.354 e. The van der Waals surface area contributed by atoms with Crippen LogP contribution >= 0.6 is 23.2 Å². The fourth-order valence-corrected chi connectivity index (χ4v) is 3.93. The zero-order valence-corrected chi connectivity index (χ0v) is 16.0. The summed E-state index contributed by atoms with van der Waals surface area (Å²) >= 11 is 11.7. The number of carbonyl (C=O) groups excluding carboxylic acids is 1. The van der Waals surface area contributed by atoms with Gasteiger partial charge in [-0.2, -0.15) is 0 Å². The molecule has 2 N–H and O–H groups in total. The minimum atomic E-state index is -3.81. The van der Waals surface area contributed by atoms with E-state index < -0.39 is 10.0 Å². The fourth-order valence-electron chi connectivity index (χ4n) is 2.15. The molecule has 0 bridgehead atoms. The van der Waals surface area contributed by atoms with Crippen LogP contribution in [-0.2, 0) is 21.2 Å². The molecule has 0 fully saturated rings. The zero-order chi connectivity index (χ0) is 18.6. The van der Waals surface area contributed by atoms with Gasteiger partial charge in [-0.1, -0.05) is 35.3 Å². The highest BCUT2D eigenvalue weighted by molar-refractivity contribution is 7.92. The monoisotopic (exact) mass is 400 g/mol. The maximum Gasteiger partial charge on any atom is 0.261 e. The van der Waals surface area contributed by atoms with E-state index in [9.17, 15) is 13.2 Å². The summed E-state index contributed by atoms with van der Waals surface area (Å²) in [6, 6.07) is 10.8. The van der Waals surface area contributed by atoms with Crippen molar-refractivity contribution < 1.29 is 13.2 Å². The number of amides is 1. The van der Waals surface area contributed by atoms with Gasteiger partial charge in [-0.05, 0) is 49.7 Å². The molecule has 8 heteroatoms. The maximum absolute atomic E-state index is 12.4. The summed E-state index contributed by atoms with van der Waals surface area (Å²) in [6.07, 6.45) is 0.231. The molecule has 1 amide bonds. The number of carbonyl (C=O) groups is 1. The second-order valence-electron chi connectivity index (χ2n) is 5.81. The zero-order valence-electron chi connectivity index (χ0n) is 13.7. The molecule has 0 aromatic heterocycles. The van der Waals surface area contributed by atoms with Gasteiger partial charge in [0.25, 0.3) is 10.0 Å². The lowest BCUT2D eigenvalue weighted by Crippen LogP contribution is -2.31. The molecular weight excluding hydrogens is 383 g/mol. The molecule has 0 aliphatic carbocycles. The van der Waals surface area contributed by atoms with Gasteiger partial charge >= 0.3 is 0 Å². The number of rotatable bonds is 6. The molecule has 0 spiro atoms. The number of halogens is 2.